The molecule has 154 valence electrons. The van der Waals surface area contributed by atoms with Crippen molar-refractivity contribution in [2.75, 3.05) is 5.32 Å². The number of aromatic nitrogens is 3. The van der Waals surface area contributed by atoms with Crippen LogP contribution < -0.4 is 10.1 Å². The number of nitrogens with zero attached hydrogens (tertiary/aromatic N) is 3. The minimum atomic E-state index is -0.167. The lowest BCUT2D eigenvalue weighted by Gasteiger charge is -2.12. The maximum Gasteiger partial charge on any atom is 0.267 e. The van der Waals surface area contributed by atoms with Gasteiger partial charge in [0.15, 0.2) is 5.13 Å². The van der Waals surface area contributed by atoms with Crippen LogP contribution in [0, 0.1) is 20.8 Å². The number of benzene rings is 1. The van der Waals surface area contributed by atoms with Crippen LogP contribution in [0.15, 0.2) is 41.2 Å². The van der Waals surface area contributed by atoms with Gasteiger partial charge in [0.25, 0.3) is 5.91 Å². The topological polar surface area (TPSA) is 69.0 Å². The molecule has 6 nitrogen and oxygen atoms in total. The fourth-order valence-corrected chi connectivity index (χ4v) is 4.84. The SMILES string of the molecule is Cc1cc(C)c(OCc2csc(C(=O)Nc3nc(-c4ccnn4C)cs3)c2)c(C)c1. The minimum absolute atomic E-state index is 0.167. The minimum Gasteiger partial charge on any atom is -0.488 e. The summed E-state index contributed by atoms with van der Waals surface area (Å²) in [5.41, 5.74) is 6.13. The van der Waals surface area contributed by atoms with E-state index in [9.17, 15) is 4.79 Å². The van der Waals surface area contributed by atoms with Crippen LogP contribution in [0.2, 0.25) is 0 Å². The van der Waals surface area contributed by atoms with Gasteiger partial charge in [-0.3, -0.25) is 14.8 Å². The smallest absolute Gasteiger partial charge is 0.267 e. The summed E-state index contributed by atoms with van der Waals surface area (Å²) in [4.78, 5) is 17.7. The van der Waals surface area contributed by atoms with Gasteiger partial charge < -0.3 is 4.74 Å². The van der Waals surface area contributed by atoms with E-state index >= 15 is 0 Å². The van der Waals surface area contributed by atoms with Gasteiger partial charge in [0.05, 0.1) is 10.6 Å². The normalized spacial score (nSPS) is 10.9. The van der Waals surface area contributed by atoms with Crippen LogP contribution in [0.4, 0.5) is 5.13 Å². The summed E-state index contributed by atoms with van der Waals surface area (Å²) in [5.74, 6) is 0.739. The predicted molar refractivity (Wildman–Crippen MR) is 122 cm³/mol. The highest BCUT2D eigenvalue weighted by Crippen LogP contribution is 2.27. The molecule has 0 spiro atoms. The number of carbonyl (C=O) groups excluding carboxylic acids is 1. The Balaban J connectivity index is 1.40. The first-order valence-corrected chi connectivity index (χ1v) is 11.2. The van der Waals surface area contributed by atoms with Gasteiger partial charge in [-0.2, -0.15) is 5.10 Å². The molecule has 3 aromatic heterocycles. The van der Waals surface area contributed by atoms with Crippen LogP contribution in [-0.4, -0.2) is 20.7 Å². The molecule has 4 rings (SSSR count). The van der Waals surface area contributed by atoms with Gasteiger partial charge in [-0.15, -0.1) is 22.7 Å². The number of carbonyl (C=O) groups is 1. The third-order valence-corrected chi connectivity index (χ3v) is 6.41. The number of thiophene rings is 1. The molecule has 3 heterocycles. The second-order valence-electron chi connectivity index (χ2n) is 7.17. The molecule has 0 aliphatic heterocycles. The molecule has 30 heavy (non-hydrogen) atoms. The first-order valence-electron chi connectivity index (χ1n) is 9.44. The number of rotatable bonds is 6. The van der Waals surface area contributed by atoms with Crippen LogP contribution in [0.1, 0.15) is 31.9 Å². The average molecular weight is 439 g/mol. The van der Waals surface area contributed by atoms with Crippen LogP contribution in [0.3, 0.4) is 0 Å². The Morgan fingerprint density at radius 1 is 1.13 bits per heavy atom. The zero-order valence-electron chi connectivity index (χ0n) is 17.2. The van der Waals surface area contributed by atoms with E-state index in [2.05, 4.69) is 48.3 Å². The second-order valence-corrected chi connectivity index (χ2v) is 8.94. The highest BCUT2D eigenvalue weighted by molar-refractivity contribution is 7.14. The van der Waals surface area contributed by atoms with E-state index in [-0.39, 0.29) is 5.91 Å². The number of hydrogen-bond acceptors (Lipinski definition) is 6. The monoisotopic (exact) mass is 438 g/mol. The standard InChI is InChI=1S/C22H22N4O2S2/c1-13-7-14(2)20(15(3)8-13)28-10-16-9-19(29-11-16)21(27)25-22-24-17(12-30-22)18-5-6-23-26(18)4/h5-9,11-12H,10H2,1-4H3,(H,24,25,27). The van der Waals surface area contributed by atoms with Crippen molar-refractivity contribution < 1.29 is 9.53 Å². The average Bonchev–Trinajstić information content (AvgIpc) is 3.41. The molecular weight excluding hydrogens is 416 g/mol. The highest BCUT2D eigenvalue weighted by atomic mass is 32.1. The zero-order chi connectivity index (χ0) is 21.3. The van der Waals surface area contributed by atoms with Crippen molar-refractivity contribution >= 4 is 33.7 Å². The molecule has 0 saturated carbocycles. The molecule has 0 saturated heterocycles. The van der Waals surface area contributed by atoms with E-state index in [1.807, 2.05) is 29.9 Å². The van der Waals surface area contributed by atoms with Crippen LogP contribution >= 0.6 is 22.7 Å². The molecule has 0 unspecified atom stereocenters. The Hall–Kier alpha value is -2.97. The largest absolute Gasteiger partial charge is 0.488 e. The van der Waals surface area contributed by atoms with Gasteiger partial charge in [0.2, 0.25) is 0 Å². The first kappa shape index (κ1) is 20.3. The van der Waals surface area contributed by atoms with E-state index in [4.69, 9.17) is 4.74 Å². The number of ether oxygens (including phenoxy) is 1. The van der Waals surface area contributed by atoms with Crippen molar-refractivity contribution in [2.45, 2.75) is 27.4 Å². The van der Waals surface area contributed by atoms with Crippen LogP contribution in [0.5, 0.6) is 5.75 Å². The van der Waals surface area contributed by atoms with Crippen molar-refractivity contribution in [2.24, 2.45) is 7.05 Å². The Labute approximate surface area is 183 Å². The first-order chi connectivity index (χ1) is 14.4. The summed E-state index contributed by atoms with van der Waals surface area (Å²) < 4.78 is 7.79. The van der Waals surface area contributed by atoms with Crippen molar-refractivity contribution in [3.05, 3.63) is 68.4 Å². The fourth-order valence-electron chi connectivity index (χ4n) is 3.35. The lowest BCUT2D eigenvalue weighted by atomic mass is 10.1. The molecule has 0 aliphatic rings. The Kier molecular flexibility index (Phi) is 5.69. The molecule has 0 fully saturated rings. The third-order valence-electron chi connectivity index (χ3n) is 4.67. The summed E-state index contributed by atoms with van der Waals surface area (Å²) in [5, 5.41) is 11.5. The summed E-state index contributed by atoms with van der Waals surface area (Å²) in [7, 11) is 1.86. The van der Waals surface area contributed by atoms with E-state index in [1.165, 1.54) is 28.2 Å². The second kappa shape index (κ2) is 8.41. The summed E-state index contributed by atoms with van der Waals surface area (Å²) >= 11 is 2.79. The molecular formula is C22H22N4O2S2. The number of thiazole rings is 1. The number of amides is 1. The maximum absolute atomic E-state index is 12.6. The fraction of sp³-hybridized carbons (Fsp3) is 0.227. The van der Waals surface area contributed by atoms with Gasteiger partial charge in [0, 0.05) is 24.2 Å². The molecule has 1 amide bonds. The van der Waals surface area contributed by atoms with Crippen LogP contribution in [0.25, 0.3) is 11.4 Å². The molecule has 0 atom stereocenters. The van der Waals surface area contributed by atoms with Crippen LogP contribution in [-0.2, 0) is 13.7 Å². The number of hydrogen-bond donors (Lipinski definition) is 1. The summed E-state index contributed by atoms with van der Waals surface area (Å²) in [6.45, 7) is 6.61. The van der Waals surface area contributed by atoms with E-state index in [1.54, 1.807) is 10.9 Å². The van der Waals surface area contributed by atoms with E-state index < -0.39 is 0 Å². The number of aryl methyl sites for hydroxylation is 4. The summed E-state index contributed by atoms with van der Waals surface area (Å²) in [6.07, 6.45) is 1.72. The Morgan fingerprint density at radius 2 is 1.90 bits per heavy atom. The highest BCUT2D eigenvalue weighted by Gasteiger charge is 2.14. The molecule has 0 bridgehead atoms. The van der Waals surface area contributed by atoms with Crippen molar-refractivity contribution in [3.63, 3.8) is 0 Å². The number of anilines is 1. The van der Waals surface area contributed by atoms with Gasteiger partial charge in [-0.05, 0) is 49.4 Å². The van der Waals surface area contributed by atoms with Gasteiger partial charge in [-0.1, -0.05) is 17.7 Å². The molecule has 0 radical (unpaired) electrons. The third kappa shape index (κ3) is 4.29. The van der Waals surface area contributed by atoms with E-state index in [0.717, 1.165) is 33.8 Å². The molecule has 8 heteroatoms. The molecule has 4 aromatic rings. The maximum atomic E-state index is 12.6. The van der Waals surface area contributed by atoms with Crippen molar-refractivity contribution in [3.8, 4) is 17.1 Å². The van der Waals surface area contributed by atoms with Crippen molar-refractivity contribution in [1.82, 2.24) is 14.8 Å². The Morgan fingerprint density at radius 3 is 2.60 bits per heavy atom. The molecule has 1 aromatic carbocycles. The summed E-state index contributed by atoms with van der Waals surface area (Å²) in [6, 6.07) is 7.99. The number of nitrogens with one attached hydrogen (secondary N) is 1. The van der Waals surface area contributed by atoms with Gasteiger partial charge in [-0.25, -0.2) is 4.98 Å². The lowest BCUT2D eigenvalue weighted by Crippen LogP contribution is -2.10. The quantitative estimate of drug-likeness (QED) is 0.440. The Bertz CT molecular complexity index is 1180. The van der Waals surface area contributed by atoms with Gasteiger partial charge in [0.1, 0.15) is 18.1 Å². The molecule has 0 aliphatic carbocycles. The zero-order valence-corrected chi connectivity index (χ0v) is 18.9. The van der Waals surface area contributed by atoms with Crippen molar-refractivity contribution in [1.29, 1.82) is 0 Å². The van der Waals surface area contributed by atoms with E-state index in [0.29, 0.717) is 16.6 Å². The van der Waals surface area contributed by atoms with Gasteiger partial charge >= 0.3 is 0 Å². The molecule has 1 N–H and O–H groups in total. The predicted octanol–water partition coefficient (Wildman–Crippen LogP) is 5.36. The lowest BCUT2D eigenvalue weighted by molar-refractivity contribution is 0.103.